The SMILES string of the molecule is C1C2CC3CC1CC(P1CCP(C45CC6CC(CC(C6)C4)C5)CC1)(C2)C3. The summed E-state index contributed by atoms with van der Waals surface area (Å²) in [5.41, 5.74) is 0. The van der Waals surface area contributed by atoms with Crippen LogP contribution in [0.5, 0.6) is 0 Å². The van der Waals surface area contributed by atoms with Crippen LogP contribution in [-0.4, -0.2) is 35.0 Å². The molecule has 8 aliphatic carbocycles. The molecule has 0 spiro atoms. The lowest BCUT2D eigenvalue weighted by molar-refractivity contribution is 0.0345. The summed E-state index contributed by atoms with van der Waals surface area (Å²) < 4.78 is 0. The molecule has 9 rings (SSSR count). The average molecular weight is 389 g/mol. The highest BCUT2D eigenvalue weighted by molar-refractivity contribution is 7.67. The molecule has 0 unspecified atom stereocenters. The summed E-state index contributed by atoms with van der Waals surface area (Å²) >= 11 is 0. The van der Waals surface area contributed by atoms with Crippen molar-refractivity contribution in [3.8, 4) is 0 Å². The number of hydrogen-bond donors (Lipinski definition) is 0. The second-order valence-electron chi connectivity index (χ2n) is 12.3. The second-order valence-corrected chi connectivity index (χ2v) is 18.1. The zero-order chi connectivity index (χ0) is 16.9. The Hall–Kier alpha value is 0.860. The van der Waals surface area contributed by atoms with Gasteiger partial charge in [-0.05, 0) is 148 Å². The van der Waals surface area contributed by atoms with Crippen molar-refractivity contribution in [2.75, 3.05) is 24.6 Å². The quantitative estimate of drug-likeness (QED) is 0.451. The Labute approximate surface area is 163 Å². The van der Waals surface area contributed by atoms with E-state index in [0.29, 0.717) is 15.8 Å². The molecule has 0 amide bonds. The smallest absolute Gasteiger partial charge is 0.00863 e. The lowest BCUT2D eigenvalue weighted by atomic mass is 9.56. The third-order valence-electron chi connectivity index (χ3n) is 10.6. The predicted octanol–water partition coefficient (Wildman–Crippen LogP) is 6.90. The molecule has 0 aromatic rings. The van der Waals surface area contributed by atoms with Gasteiger partial charge >= 0.3 is 0 Å². The van der Waals surface area contributed by atoms with Gasteiger partial charge < -0.3 is 0 Å². The normalized spacial score (nSPS) is 62.8. The van der Waals surface area contributed by atoms with Crippen LogP contribution in [0.15, 0.2) is 0 Å². The molecule has 0 radical (unpaired) electrons. The zero-order valence-corrected chi connectivity index (χ0v) is 18.5. The molecule has 8 saturated carbocycles. The van der Waals surface area contributed by atoms with Gasteiger partial charge in [-0.15, -0.1) is 0 Å². The molecule has 144 valence electrons. The van der Waals surface area contributed by atoms with Gasteiger partial charge in [0.05, 0.1) is 0 Å². The third kappa shape index (κ3) is 2.40. The highest BCUT2D eigenvalue weighted by Crippen LogP contribution is 2.75. The molecule has 2 heteroatoms. The fraction of sp³-hybridized carbons (Fsp3) is 1.00. The van der Waals surface area contributed by atoms with E-state index < -0.39 is 0 Å². The molecule has 9 fully saturated rings. The fourth-order valence-electron chi connectivity index (χ4n) is 10.6. The van der Waals surface area contributed by atoms with E-state index in [2.05, 4.69) is 0 Å². The van der Waals surface area contributed by atoms with Crippen molar-refractivity contribution in [3.63, 3.8) is 0 Å². The molecule has 1 heterocycles. The van der Waals surface area contributed by atoms with Crippen molar-refractivity contribution in [1.29, 1.82) is 0 Å². The molecule has 0 aromatic heterocycles. The summed E-state index contributed by atoms with van der Waals surface area (Å²) in [7, 11) is 0.805. The molecule has 26 heavy (non-hydrogen) atoms. The summed E-state index contributed by atoms with van der Waals surface area (Å²) in [6, 6.07) is 0. The van der Waals surface area contributed by atoms with Crippen molar-refractivity contribution >= 4 is 15.8 Å². The van der Waals surface area contributed by atoms with Crippen molar-refractivity contribution in [2.24, 2.45) is 35.5 Å². The topological polar surface area (TPSA) is 0 Å². The van der Waals surface area contributed by atoms with Crippen LogP contribution in [0.25, 0.3) is 0 Å². The Morgan fingerprint density at radius 2 is 0.615 bits per heavy atom. The summed E-state index contributed by atoms with van der Waals surface area (Å²) in [4.78, 5) is 0. The van der Waals surface area contributed by atoms with E-state index in [1.807, 2.05) is 0 Å². The van der Waals surface area contributed by atoms with Gasteiger partial charge in [0.1, 0.15) is 0 Å². The molecule has 0 nitrogen and oxygen atoms in total. The van der Waals surface area contributed by atoms with Crippen molar-refractivity contribution in [1.82, 2.24) is 0 Å². The fourth-order valence-corrected chi connectivity index (χ4v) is 19.9. The molecule has 0 aromatic carbocycles. The Balaban J connectivity index is 1.08. The third-order valence-corrected chi connectivity index (χ3v) is 18.2. The largest absolute Gasteiger partial charge is 0.0996 e. The first-order chi connectivity index (χ1) is 12.7. The maximum Gasteiger partial charge on any atom is -0.00863 e. The Kier molecular flexibility index (Phi) is 3.66. The highest BCUT2D eigenvalue weighted by atomic mass is 31.1. The van der Waals surface area contributed by atoms with Crippen LogP contribution in [0, 0.1) is 35.5 Å². The van der Waals surface area contributed by atoms with E-state index in [0.717, 1.165) is 10.3 Å². The minimum absolute atomic E-state index is 0.402. The summed E-state index contributed by atoms with van der Waals surface area (Å²) in [6.45, 7) is 0. The van der Waals surface area contributed by atoms with Gasteiger partial charge in [-0.25, -0.2) is 0 Å². The first-order valence-corrected chi connectivity index (χ1v) is 15.6. The van der Waals surface area contributed by atoms with Crippen molar-refractivity contribution < 1.29 is 0 Å². The van der Waals surface area contributed by atoms with Crippen LogP contribution < -0.4 is 0 Å². The number of rotatable bonds is 2. The Morgan fingerprint density at radius 1 is 0.385 bits per heavy atom. The molecule has 9 aliphatic rings. The lowest BCUT2D eigenvalue weighted by Gasteiger charge is -2.63. The van der Waals surface area contributed by atoms with E-state index >= 15 is 0 Å². The summed E-state index contributed by atoms with van der Waals surface area (Å²) in [6.07, 6.45) is 26.9. The molecule has 1 saturated heterocycles. The van der Waals surface area contributed by atoms with Gasteiger partial charge in [-0.2, -0.15) is 0 Å². The van der Waals surface area contributed by atoms with Crippen LogP contribution in [0.4, 0.5) is 0 Å². The minimum atomic E-state index is 0.402. The van der Waals surface area contributed by atoms with Gasteiger partial charge in [0.2, 0.25) is 0 Å². The van der Waals surface area contributed by atoms with E-state index in [-0.39, 0.29) is 0 Å². The second kappa shape index (κ2) is 5.72. The maximum atomic E-state index is 1.73. The molecule has 0 N–H and O–H groups in total. The van der Waals surface area contributed by atoms with Crippen LogP contribution in [-0.2, 0) is 0 Å². The standard InChI is InChI=1S/C24H38P2/c1-2-26(24-14-20-8-21(15-24)10-22(9-20)16-24)4-3-25(1)23-11-17-5-18(12-23)7-19(6-17)13-23/h17-22H,1-16H2. The van der Waals surface area contributed by atoms with E-state index in [1.165, 1.54) is 35.5 Å². The molecule has 8 bridgehead atoms. The van der Waals surface area contributed by atoms with Gasteiger partial charge in [0, 0.05) is 0 Å². The lowest BCUT2D eigenvalue weighted by Crippen LogP contribution is -2.52. The molecular weight excluding hydrogens is 350 g/mol. The zero-order valence-electron chi connectivity index (χ0n) is 16.7. The van der Waals surface area contributed by atoms with Crippen LogP contribution in [0.3, 0.4) is 0 Å². The van der Waals surface area contributed by atoms with Crippen molar-refractivity contribution in [3.05, 3.63) is 0 Å². The van der Waals surface area contributed by atoms with E-state index in [4.69, 9.17) is 0 Å². The van der Waals surface area contributed by atoms with Gasteiger partial charge in [0.15, 0.2) is 0 Å². The maximum absolute atomic E-state index is 1.73. The summed E-state index contributed by atoms with van der Waals surface area (Å²) in [5.74, 6) is 7.06. The predicted molar refractivity (Wildman–Crippen MR) is 115 cm³/mol. The Bertz CT molecular complexity index is 464. The monoisotopic (exact) mass is 388 g/mol. The first-order valence-electron chi connectivity index (χ1n) is 12.2. The van der Waals surface area contributed by atoms with Gasteiger partial charge in [0.25, 0.3) is 0 Å². The van der Waals surface area contributed by atoms with Crippen LogP contribution in [0.1, 0.15) is 77.0 Å². The number of hydrogen-bond acceptors (Lipinski definition) is 0. The van der Waals surface area contributed by atoms with E-state index in [9.17, 15) is 0 Å². The molecule has 0 atom stereocenters. The van der Waals surface area contributed by atoms with Gasteiger partial charge in [-0.3, -0.25) is 0 Å². The molecule has 1 aliphatic heterocycles. The summed E-state index contributed by atoms with van der Waals surface area (Å²) in [5, 5.41) is 1.85. The Morgan fingerprint density at radius 3 is 0.846 bits per heavy atom. The van der Waals surface area contributed by atoms with E-state index in [1.54, 1.807) is 102 Å². The first kappa shape index (κ1) is 16.6. The van der Waals surface area contributed by atoms with Gasteiger partial charge in [-0.1, -0.05) is 15.8 Å². The van der Waals surface area contributed by atoms with Crippen LogP contribution in [0.2, 0.25) is 0 Å². The van der Waals surface area contributed by atoms with Crippen LogP contribution >= 0.6 is 15.8 Å². The highest BCUT2D eigenvalue weighted by Gasteiger charge is 2.57. The average Bonchev–Trinajstić information content (AvgIpc) is 2.60. The molecular formula is C24H38P2. The minimum Gasteiger partial charge on any atom is -0.0996 e. The van der Waals surface area contributed by atoms with Crippen molar-refractivity contribution in [2.45, 2.75) is 87.4 Å².